The fraction of sp³-hybridized carbons (Fsp3) is 0.526. The van der Waals surface area contributed by atoms with Crippen LogP contribution in [0.5, 0.6) is 0 Å². The Bertz CT molecular complexity index is 749. The normalized spacial score (nSPS) is 15.7. The highest BCUT2D eigenvalue weighted by Crippen LogP contribution is 2.22. The van der Waals surface area contributed by atoms with E-state index in [9.17, 15) is 4.79 Å². The van der Waals surface area contributed by atoms with E-state index in [1.807, 2.05) is 32.9 Å². The van der Waals surface area contributed by atoms with Crippen LogP contribution in [-0.2, 0) is 4.74 Å². The molecule has 26 heavy (non-hydrogen) atoms. The highest BCUT2D eigenvalue weighted by atomic mass is 16.6. The minimum atomic E-state index is -0.466. The fourth-order valence-corrected chi connectivity index (χ4v) is 2.92. The van der Waals surface area contributed by atoms with Crippen molar-refractivity contribution in [3.05, 3.63) is 30.2 Å². The summed E-state index contributed by atoms with van der Waals surface area (Å²) in [6.07, 6.45) is 0.674. The van der Waals surface area contributed by atoms with Crippen LogP contribution in [0.3, 0.4) is 0 Å². The van der Waals surface area contributed by atoms with Crippen molar-refractivity contribution in [1.82, 2.24) is 15.0 Å². The largest absolute Gasteiger partial charge is 0.444 e. The Kier molecular flexibility index (Phi) is 5.15. The van der Waals surface area contributed by atoms with E-state index in [-0.39, 0.29) is 6.09 Å². The van der Waals surface area contributed by atoms with Crippen molar-refractivity contribution in [3.8, 4) is 11.4 Å². The minimum absolute atomic E-state index is 0.234. The van der Waals surface area contributed by atoms with Crippen molar-refractivity contribution in [3.63, 3.8) is 0 Å². The molecule has 7 heteroatoms. The van der Waals surface area contributed by atoms with Crippen LogP contribution in [0.2, 0.25) is 0 Å². The third kappa shape index (κ3) is 4.53. The highest BCUT2D eigenvalue weighted by molar-refractivity contribution is 5.68. The van der Waals surface area contributed by atoms with Gasteiger partial charge in [0.25, 0.3) is 0 Å². The van der Waals surface area contributed by atoms with E-state index in [2.05, 4.69) is 27.2 Å². The molecule has 0 atom stereocenters. The van der Waals surface area contributed by atoms with Gasteiger partial charge in [-0.1, -0.05) is 5.16 Å². The molecule has 2 heterocycles. The van der Waals surface area contributed by atoms with Gasteiger partial charge in [0.05, 0.1) is 0 Å². The van der Waals surface area contributed by atoms with Gasteiger partial charge in [-0.3, -0.25) is 0 Å². The van der Waals surface area contributed by atoms with E-state index in [4.69, 9.17) is 9.26 Å². The van der Waals surface area contributed by atoms with Gasteiger partial charge in [0.15, 0.2) is 0 Å². The molecule has 0 bridgehead atoms. The number of rotatable bonds is 2. The maximum absolute atomic E-state index is 12.3. The van der Waals surface area contributed by atoms with Crippen molar-refractivity contribution in [2.75, 3.05) is 31.1 Å². The molecule has 0 spiro atoms. The number of ether oxygens (including phenoxy) is 1. The van der Waals surface area contributed by atoms with Gasteiger partial charge in [-0.2, -0.15) is 4.98 Å². The second-order valence-corrected chi connectivity index (χ2v) is 7.49. The monoisotopic (exact) mass is 358 g/mol. The molecule has 1 aliphatic heterocycles. The first-order valence-electron chi connectivity index (χ1n) is 8.95. The number of aromatic nitrogens is 2. The van der Waals surface area contributed by atoms with E-state index >= 15 is 0 Å². The number of carbonyl (C=O) groups is 1. The van der Waals surface area contributed by atoms with E-state index in [1.54, 1.807) is 11.8 Å². The summed E-state index contributed by atoms with van der Waals surface area (Å²) in [5, 5.41) is 3.94. The molecule has 0 aliphatic carbocycles. The van der Waals surface area contributed by atoms with E-state index < -0.39 is 5.60 Å². The first-order chi connectivity index (χ1) is 12.3. The fourth-order valence-electron chi connectivity index (χ4n) is 2.92. The SMILES string of the molecule is Cc1nc(-c2ccc(N3CCCN(C(=O)OC(C)(C)C)CC3)cc2)no1. The quantitative estimate of drug-likeness (QED) is 0.818. The standard InChI is InChI=1S/C19H26N4O3/c1-14-20-17(21-26-14)15-6-8-16(9-7-15)22-10-5-11-23(13-12-22)18(24)25-19(2,3)4/h6-9H,5,10-13H2,1-4H3. The molecule has 1 fully saturated rings. The van der Waals surface area contributed by atoms with E-state index in [0.29, 0.717) is 24.8 Å². The Morgan fingerprint density at radius 2 is 1.85 bits per heavy atom. The van der Waals surface area contributed by atoms with Crippen LogP contribution in [0.1, 0.15) is 33.1 Å². The molecule has 1 aromatic heterocycles. The van der Waals surface area contributed by atoms with Crippen LogP contribution in [0.4, 0.5) is 10.5 Å². The third-order valence-electron chi connectivity index (χ3n) is 4.17. The number of hydrogen-bond acceptors (Lipinski definition) is 6. The summed E-state index contributed by atoms with van der Waals surface area (Å²) in [5.41, 5.74) is 1.59. The molecule has 0 N–H and O–H groups in total. The number of nitrogens with zero attached hydrogens (tertiary/aromatic N) is 4. The number of amides is 1. The molecule has 3 rings (SSSR count). The average Bonchev–Trinajstić information content (AvgIpc) is 2.86. The Morgan fingerprint density at radius 1 is 1.12 bits per heavy atom. The second-order valence-electron chi connectivity index (χ2n) is 7.49. The van der Waals surface area contributed by atoms with Crippen LogP contribution in [-0.4, -0.2) is 52.9 Å². The van der Waals surface area contributed by atoms with E-state index in [1.165, 1.54) is 0 Å². The minimum Gasteiger partial charge on any atom is -0.444 e. The van der Waals surface area contributed by atoms with Gasteiger partial charge >= 0.3 is 6.09 Å². The first kappa shape index (κ1) is 18.2. The summed E-state index contributed by atoms with van der Waals surface area (Å²) in [4.78, 5) is 20.6. The summed E-state index contributed by atoms with van der Waals surface area (Å²) in [7, 11) is 0. The molecular weight excluding hydrogens is 332 g/mol. The maximum Gasteiger partial charge on any atom is 0.410 e. The van der Waals surface area contributed by atoms with Crippen molar-refractivity contribution in [2.45, 2.75) is 39.7 Å². The molecule has 1 aromatic carbocycles. The summed E-state index contributed by atoms with van der Waals surface area (Å²) >= 11 is 0. The van der Waals surface area contributed by atoms with E-state index in [0.717, 1.165) is 30.8 Å². The van der Waals surface area contributed by atoms with Crippen LogP contribution >= 0.6 is 0 Å². The Hall–Kier alpha value is -2.57. The lowest BCUT2D eigenvalue weighted by Gasteiger charge is -2.27. The van der Waals surface area contributed by atoms with Gasteiger partial charge in [0.2, 0.25) is 11.7 Å². The number of hydrogen-bond donors (Lipinski definition) is 0. The lowest BCUT2D eigenvalue weighted by atomic mass is 10.2. The van der Waals surface area contributed by atoms with Crippen molar-refractivity contribution >= 4 is 11.8 Å². The van der Waals surface area contributed by atoms with Gasteiger partial charge < -0.3 is 19.1 Å². The first-order valence-corrected chi connectivity index (χ1v) is 8.95. The molecular formula is C19H26N4O3. The van der Waals surface area contributed by atoms with Gasteiger partial charge in [0, 0.05) is 44.4 Å². The zero-order chi connectivity index (χ0) is 18.7. The smallest absolute Gasteiger partial charge is 0.410 e. The number of anilines is 1. The summed E-state index contributed by atoms with van der Waals surface area (Å²) in [6, 6.07) is 8.11. The van der Waals surface area contributed by atoms with Crippen LogP contribution in [0.15, 0.2) is 28.8 Å². The predicted octanol–water partition coefficient (Wildman–Crippen LogP) is 3.49. The number of carbonyl (C=O) groups excluding carboxylic acids is 1. The Balaban J connectivity index is 1.63. The molecule has 2 aromatic rings. The van der Waals surface area contributed by atoms with Gasteiger partial charge in [-0.25, -0.2) is 4.79 Å². The molecule has 1 saturated heterocycles. The summed E-state index contributed by atoms with van der Waals surface area (Å²) in [5.74, 6) is 1.15. The van der Waals surface area contributed by atoms with Crippen molar-refractivity contribution in [2.24, 2.45) is 0 Å². The molecule has 0 radical (unpaired) electrons. The zero-order valence-corrected chi connectivity index (χ0v) is 15.9. The lowest BCUT2D eigenvalue weighted by molar-refractivity contribution is 0.0263. The van der Waals surface area contributed by atoms with Crippen molar-refractivity contribution in [1.29, 1.82) is 0 Å². The van der Waals surface area contributed by atoms with Crippen LogP contribution < -0.4 is 4.90 Å². The molecule has 7 nitrogen and oxygen atoms in total. The third-order valence-corrected chi connectivity index (χ3v) is 4.17. The summed E-state index contributed by atoms with van der Waals surface area (Å²) in [6.45, 7) is 10.5. The second kappa shape index (κ2) is 7.35. The lowest BCUT2D eigenvalue weighted by Crippen LogP contribution is -2.39. The van der Waals surface area contributed by atoms with Gasteiger partial charge in [-0.05, 0) is 51.5 Å². The molecule has 1 amide bonds. The molecule has 0 saturated carbocycles. The Labute approximate surface area is 153 Å². The van der Waals surface area contributed by atoms with Crippen LogP contribution in [0, 0.1) is 6.92 Å². The number of aryl methyl sites for hydroxylation is 1. The maximum atomic E-state index is 12.3. The summed E-state index contributed by atoms with van der Waals surface area (Å²) < 4.78 is 10.5. The Morgan fingerprint density at radius 3 is 2.46 bits per heavy atom. The highest BCUT2D eigenvalue weighted by Gasteiger charge is 2.24. The average molecular weight is 358 g/mol. The molecule has 0 unspecified atom stereocenters. The van der Waals surface area contributed by atoms with Crippen LogP contribution in [0.25, 0.3) is 11.4 Å². The molecule has 1 aliphatic rings. The van der Waals surface area contributed by atoms with Gasteiger partial charge in [0.1, 0.15) is 5.60 Å². The zero-order valence-electron chi connectivity index (χ0n) is 15.9. The van der Waals surface area contributed by atoms with Gasteiger partial charge in [-0.15, -0.1) is 0 Å². The number of benzene rings is 1. The topological polar surface area (TPSA) is 71.7 Å². The molecule has 140 valence electrons. The predicted molar refractivity (Wildman–Crippen MR) is 99.1 cm³/mol. The van der Waals surface area contributed by atoms with Crippen molar-refractivity contribution < 1.29 is 14.1 Å².